The molecular formula is C36H52N2O6. The van der Waals surface area contributed by atoms with Crippen LogP contribution in [0.3, 0.4) is 0 Å². The summed E-state index contributed by atoms with van der Waals surface area (Å²) in [6.07, 6.45) is 6.82. The molecule has 2 aromatic carbocycles. The van der Waals surface area contributed by atoms with Crippen LogP contribution in [0.15, 0.2) is 42.5 Å². The number of rotatable bonds is 14. The third kappa shape index (κ3) is 9.59. The molecule has 2 unspecified atom stereocenters. The molecule has 242 valence electrons. The summed E-state index contributed by atoms with van der Waals surface area (Å²) in [6.45, 7) is 11.6. The van der Waals surface area contributed by atoms with Gasteiger partial charge in [-0.25, -0.2) is 4.79 Å². The second-order valence-corrected chi connectivity index (χ2v) is 13.6. The van der Waals surface area contributed by atoms with Gasteiger partial charge in [0.1, 0.15) is 11.4 Å². The van der Waals surface area contributed by atoms with E-state index in [1.807, 2.05) is 32.9 Å². The Morgan fingerprint density at radius 1 is 1.00 bits per heavy atom. The average molecular weight is 609 g/mol. The van der Waals surface area contributed by atoms with Gasteiger partial charge < -0.3 is 33.9 Å². The van der Waals surface area contributed by atoms with E-state index in [0.29, 0.717) is 26.3 Å². The summed E-state index contributed by atoms with van der Waals surface area (Å²) in [5, 5.41) is 9.37. The third-order valence-electron chi connectivity index (χ3n) is 8.69. The van der Waals surface area contributed by atoms with E-state index in [1.54, 1.807) is 4.90 Å². The van der Waals surface area contributed by atoms with Crippen molar-refractivity contribution in [1.82, 2.24) is 4.90 Å². The van der Waals surface area contributed by atoms with Gasteiger partial charge in [-0.05, 0) is 100 Å². The highest BCUT2D eigenvalue weighted by Gasteiger charge is 2.35. The number of ether oxygens (including phenoxy) is 4. The number of hydrogen-bond donors (Lipinski definition) is 1. The Morgan fingerprint density at radius 2 is 1.82 bits per heavy atom. The van der Waals surface area contributed by atoms with Crippen LogP contribution < -0.4 is 9.64 Å². The van der Waals surface area contributed by atoms with Gasteiger partial charge in [0.2, 0.25) is 0 Å². The van der Waals surface area contributed by atoms with Gasteiger partial charge in [0.15, 0.2) is 0 Å². The van der Waals surface area contributed by atoms with E-state index >= 15 is 0 Å². The highest BCUT2D eigenvalue weighted by Crippen LogP contribution is 2.34. The maximum Gasteiger partial charge on any atom is 0.410 e. The smallest absolute Gasteiger partial charge is 0.410 e. The number of carbonyl (C=O) groups excluding carboxylic acids is 1. The van der Waals surface area contributed by atoms with Crippen molar-refractivity contribution >= 4 is 11.8 Å². The molecule has 2 aliphatic heterocycles. The standard InChI is InChI=1S/C36H52N2O6/c1-36(2,3)44-35(40)38-19-16-32(29-12-14-31(15-13-29)42-22-6-21-41-25-27-8-9-27)34(24-38)43-26-28-10-11-30-7-4-17-37(18-5-20-39)33(30)23-28/h10-15,23,27,32,34,39H,4-9,16-22,24-26H2,1-3H3. The number of anilines is 1. The maximum absolute atomic E-state index is 13.0. The zero-order chi connectivity index (χ0) is 30.9. The van der Waals surface area contributed by atoms with E-state index < -0.39 is 5.60 Å². The molecule has 3 aliphatic rings. The molecule has 5 rings (SSSR count). The van der Waals surface area contributed by atoms with Gasteiger partial charge in [-0.1, -0.05) is 24.3 Å². The summed E-state index contributed by atoms with van der Waals surface area (Å²) in [6, 6.07) is 15.0. The van der Waals surface area contributed by atoms with Crippen molar-refractivity contribution in [3.05, 3.63) is 59.2 Å². The zero-order valence-electron chi connectivity index (χ0n) is 27.0. The molecular weight excluding hydrogens is 556 g/mol. The van der Waals surface area contributed by atoms with Crippen LogP contribution in [0.2, 0.25) is 0 Å². The summed E-state index contributed by atoms with van der Waals surface area (Å²) < 4.78 is 24.1. The number of aryl methyl sites for hydroxylation is 1. The van der Waals surface area contributed by atoms with E-state index in [0.717, 1.165) is 75.6 Å². The molecule has 44 heavy (non-hydrogen) atoms. The van der Waals surface area contributed by atoms with E-state index in [-0.39, 0.29) is 24.7 Å². The summed E-state index contributed by atoms with van der Waals surface area (Å²) in [4.78, 5) is 17.2. The number of aliphatic hydroxyl groups excluding tert-OH is 1. The molecule has 1 amide bonds. The lowest BCUT2D eigenvalue weighted by Gasteiger charge is -2.39. The van der Waals surface area contributed by atoms with Gasteiger partial charge in [-0.15, -0.1) is 0 Å². The third-order valence-corrected chi connectivity index (χ3v) is 8.69. The highest BCUT2D eigenvalue weighted by atomic mass is 16.6. The van der Waals surface area contributed by atoms with Crippen molar-refractivity contribution in [2.45, 2.75) is 89.9 Å². The normalized spacial score (nSPS) is 20.4. The fourth-order valence-electron chi connectivity index (χ4n) is 6.14. The second kappa shape index (κ2) is 15.5. The van der Waals surface area contributed by atoms with E-state index in [1.165, 1.54) is 29.7 Å². The fourth-order valence-corrected chi connectivity index (χ4v) is 6.14. The van der Waals surface area contributed by atoms with E-state index in [9.17, 15) is 9.90 Å². The number of fused-ring (bicyclic) bond motifs is 1. The zero-order valence-corrected chi connectivity index (χ0v) is 27.0. The molecule has 1 aliphatic carbocycles. The van der Waals surface area contributed by atoms with Crippen LogP contribution in [0, 0.1) is 5.92 Å². The van der Waals surface area contributed by atoms with Gasteiger partial charge in [0.05, 0.1) is 25.9 Å². The van der Waals surface area contributed by atoms with E-state index in [4.69, 9.17) is 18.9 Å². The molecule has 0 radical (unpaired) electrons. The number of carbonyl (C=O) groups is 1. The molecule has 0 bridgehead atoms. The molecule has 2 atom stereocenters. The molecule has 1 saturated heterocycles. The van der Waals surface area contributed by atoms with Gasteiger partial charge in [-0.2, -0.15) is 0 Å². The van der Waals surface area contributed by atoms with Crippen molar-refractivity contribution in [2.24, 2.45) is 5.92 Å². The summed E-state index contributed by atoms with van der Waals surface area (Å²) in [5.41, 5.74) is 4.38. The number of hydrogen-bond acceptors (Lipinski definition) is 7. The number of nitrogens with zero attached hydrogens (tertiary/aromatic N) is 2. The first-order chi connectivity index (χ1) is 21.3. The predicted octanol–water partition coefficient (Wildman–Crippen LogP) is 6.33. The maximum atomic E-state index is 13.0. The Labute approximate surface area is 263 Å². The fraction of sp³-hybridized carbons (Fsp3) is 0.639. The van der Waals surface area contributed by atoms with Crippen molar-refractivity contribution in [3.63, 3.8) is 0 Å². The highest BCUT2D eigenvalue weighted by molar-refractivity contribution is 5.68. The molecule has 0 spiro atoms. The Balaban J connectivity index is 1.22. The molecule has 1 saturated carbocycles. The Morgan fingerprint density at radius 3 is 2.57 bits per heavy atom. The summed E-state index contributed by atoms with van der Waals surface area (Å²) in [5.74, 6) is 1.80. The Bertz CT molecular complexity index is 1190. The summed E-state index contributed by atoms with van der Waals surface area (Å²) in [7, 11) is 0. The largest absolute Gasteiger partial charge is 0.494 e. The first-order valence-electron chi connectivity index (χ1n) is 16.7. The average Bonchev–Trinajstić information content (AvgIpc) is 3.84. The number of likely N-dealkylation sites (tertiary alicyclic amines) is 1. The lowest BCUT2D eigenvalue weighted by molar-refractivity contribution is -0.0359. The lowest BCUT2D eigenvalue weighted by Crippen LogP contribution is -2.48. The molecule has 1 N–H and O–H groups in total. The number of amides is 1. The van der Waals surface area contributed by atoms with Crippen LogP contribution in [0.1, 0.15) is 81.9 Å². The lowest BCUT2D eigenvalue weighted by atomic mass is 9.87. The monoisotopic (exact) mass is 608 g/mol. The van der Waals surface area contributed by atoms with Gasteiger partial charge in [-0.3, -0.25) is 0 Å². The van der Waals surface area contributed by atoms with Crippen LogP contribution >= 0.6 is 0 Å². The van der Waals surface area contributed by atoms with Gasteiger partial charge in [0, 0.05) is 57.5 Å². The van der Waals surface area contributed by atoms with Crippen molar-refractivity contribution in [1.29, 1.82) is 0 Å². The first kappa shape index (κ1) is 32.6. The van der Waals surface area contributed by atoms with Crippen LogP contribution in [0.4, 0.5) is 10.5 Å². The van der Waals surface area contributed by atoms with Crippen LogP contribution in [0.25, 0.3) is 0 Å². The van der Waals surface area contributed by atoms with E-state index in [2.05, 4.69) is 35.2 Å². The Kier molecular flexibility index (Phi) is 11.4. The van der Waals surface area contributed by atoms with Crippen LogP contribution in [-0.4, -0.2) is 80.4 Å². The SMILES string of the molecule is CC(C)(C)OC(=O)N1CCC(c2ccc(OCCCOCC3CC3)cc2)C(OCc2ccc3c(c2)N(CCCO)CCC3)C1. The molecule has 0 aromatic heterocycles. The van der Waals surface area contributed by atoms with Crippen molar-refractivity contribution in [2.75, 3.05) is 57.5 Å². The first-order valence-corrected chi connectivity index (χ1v) is 16.7. The predicted molar refractivity (Wildman–Crippen MR) is 173 cm³/mol. The number of benzene rings is 2. The number of piperidine rings is 1. The molecule has 2 fully saturated rings. The minimum atomic E-state index is -0.547. The second-order valence-electron chi connectivity index (χ2n) is 13.6. The van der Waals surface area contributed by atoms with Crippen LogP contribution in [-0.2, 0) is 27.2 Å². The summed E-state index contributed by atoms with van der Waals surface area (Å²) >= 11 is 0. The minimum Gasteiger partial charge on any atom is -0.494 e. The Hall–Kier alpha value is -2.81. The van der Waals surface area contributed by atoms with Gasteiger partial charge in [0.25, 0.3) is 0 Å². The topological polar surface area (TPSA) is 80.7 Å². The van der Waals surface area contributed by atoms with Gasteiger partial charge >= 0.3 is 6.09 Å². The quantitative estimate of drug-likeness (QED) is 0.251. The molecule has 2 aromatic rings. The van der Waals surface area contributed by atoms with Crippen molar-refractivity contribution < 1.29 is 28.8 Å². The molecule has 2 heterocycles. The minimum absolute atomic E-state index is 0.150. The molecule has 8 heteroatoms. The van der Waals surface area contributed by atoms with Crippen LogP contribution in [0.5, 0.6) is 5.75 Å². The van der Waals surface area contributed by atoms with Crippen molar-refractivity contribution in [3.8, 4) is 5.75 Å². The number of aliphatic hydroxyl groups is 1. The molecule has 8 nitrogen and oxygen atoms in total.